The van der Waals surface area contributed by atoms with Crippen LogP contribution in [0.2, 0.25) is 0 Å². The average molecular weight is 528 g/mol. The summed E-state index contributed by atoms with van der Waals surface area (Å²) >= 11 is 0. The molecule has 3 N–H and O–H groups in total. The molecule has 2 aromatic carbocycles. The van der Waals surface area contributed by atoms with Gasteiger partial charge in [-0.05, 0) is 77.8 Å². The Labute approximate surface area is 225 Å². The van der Waals surface area contributed by atoms with Crippen molar-refractivity contribution in [2.75, 3.05) is 12.4 Å². The lowest BCUT2D eigenvalue weighted by atomic mass is 9.92. The molecule has 2 unspecified atom stereocenters. The van der Waals surface area contributed by atoms with Gasteiger partial charge in [0.1, 0.15) is 29.2 Å². The first-order valence-corrected chi connectivity index (χ1v) is 12.6. The van der Waals surface area contributed by atoms with Crippen molar-refractivity contribution in [3.8, 4) is 11.5 Å². The van der Waals surface area contributed by atoms with Crippen LogP contribution < -0.4 is 15.4 Å². The van der Waals surface area contributed by atoms with Gasteiger partial charge in [0.15, 0.2) is 0 Å². The van der Waals surface area contributed by atoms with Gasteiger partial charge in [0.2, 0.25) is 5.91 Å². The van der Waals surface area contributed by atoms with Crippen molar-refractivity contribution in [1.82, 2.24) is 10.2 Å². The molecule has 208 valence electrons. The van der Waals surface area contributed by atoms with E-state index >= 15 is 0 Å². The van der Waals surface area contributed by atoms with Crippen LogP contribution in [0.4, 0.5) is 10.5 Å². The third kappa shape index (κ3) is 8.13. The maximum absolute atomic E-state index is 14.2. The topological polar surface area (TPSA) is 117 Å². The van der Waals surface area contributed by atoms with E-state index in [1.54, 1.807) is 105 Å². The van der Waals surface area contributed by atoms with Crippen LogP contribution in [0.25, 0.3) is 0 Å². The largest absolute Gasteiger partial charge is 0.508 e. The monoisotopic (exact) mass is 527 g/mol. The number of hydrogen-bond acceptors (Lipinski definition) is 6. The van der Waals surface area contributed by atoms with E-state index in [1.807, 2.05) is 0 Å². The Kier molecular flexibility index (Phi) is 9.78. The number of phenolic OH excluding ortho intramolecular Hbond substituents is 1. The number of rotatable bonds is 8. The predicted molar refractivity (Wildman–Crippen MR) is 147 cm³/mol. The fourth-order valence-corrected chi connectivity index (χ4v) is 3.94. The van der Waals surface area contributed by atoms with Crippen LogP contribution in [0.15, 0.2) is 48.5 Å². The number of nitrogens with one attached hydrogen (secondary N) is 2. The van der Waals surface area contributed by atoms with Crippen molar-refractivity contribution in [3.63, 3.8) is 0 Å². The summed E-state index contributed by atoms with van der Waals surface area (Å²) in [6.07, 6.45) is -0.736. The zero-order valence-electron chi connectivity index (χ0n) is 23.8. The molecule has 0 aliphatic carbocycles. The molecule has 0 spiro atoms. The van der Waals surface area contributed by atoms with Crippen molar-refractivity contribution in [1.29, 1.82) is 0 Å². The van der Waals surface area contributed by atoms with Crippen molar-refractivity contribution < 1.29 is 29.0 Å². The molecule has 0 radical (unpaired) electrons. The van der Waals surface area contributed by atoms with Gasteiger partial charge in [-0.2, -0.15) is 0 Å². The van der Waals surface area contributed by atoms with Crippen molar-refractivity contribution in [2.45, 2.75) is 78.6 Å². The number of ether oxygens (including phenoxy) is 2. The van der Waals surface area contributed by atoms with Gasteiger partial charge in [0.05, 0.1) is 7.11 Å². The highest BCUT2D eigenvalue weighted by atomic mass is 16.6. The van der Waals surface area contributed by atoms with Gasteiger partial charge in [-0.3, -0.25) is 9.59 Å². The van der Waals surface area contributed by atoms with E-state index in [9.17, 15) is 19.5 Å². The third-order valence-corrected chi connectivity index (χ3v) is 5.66. The minimum absolute atomic E-state index is 0.134. The lowest BCUT2D eigenvalue weighted by Crippen LogP contribution is -2.59. The summed E-state index contributed by atoms with van der Waals surface area (Å²) in [5, 5.41) is 16.3. The van der Waals surface area contributed by atoms with E-state index in [1.165, 1.54) is 11.0 Å². The lowest BCUT2D eigenvalue weighted by molar-refractivity contribution is -0.147. The quantitative estimate of drug-likeness (QED) is 0.431. The van der Waals surface area contributed by atoms with Gasteiger partial charge in [0.25, 0.3) is 5.91 Å². The number of phenols is 1. The molecular weight excluding hydrogens is 486 g/mol. The SMILES string of the molecule is COc1ccc(NC(=O)C(c2ccccc2O)N(C(=O)C(NC(=O)OC(C)(C)C)C(C)C)C(C)(C)C)cc1. The molecule has 0 aliphatic heterocycles. The van der Waals surface area contributed by atoms with E-state index in [0.717, 1.165) is 0 Å². The van der Waals surface area contributed by atoms with E-state index in [-0.39, 0.29) is 17.2 Å². The fourth-order valence-electron chi connectivity index (χ4n) is 3.94. The molecular formula is C29H41N3O6. The van der Waals surface area contributed by atoms with E-state index < -0.39 is 41.1 Å². The van der Waals surface area contributed by atoms with Crippen LogP contribution in [-0.2, 0) is 14.3 Å². The van der Waals surface area contributed by atoms with E-state index in [2.05, 4.69) is 10.6 Å². The molecule has 0 fully saturated rings. The number of para-hydroxylation sites is 1. The number of aromatic hydroxyl groups is 1. The highest BCUT2D eigenvalue weighted by Crippen LogP contribution is 2.35. The number of hydrogen-bond donors (Lipinski definition) is 3. The standard InChI is InChI=1S/C29H41N3O6/c1-18(2)23(31-27(36)38-29(6,7)8)26(35)32(28(3,4)5)24(21-12-10-11-13-22(21)33)25(34)30-19-14-16-20(37-9)17-15-19/h10-18,23-24,33H,1-9H3,(H,30,34)(H,31,36). The Bertz CT molecular complexity index is 1120. The Morgan fingerprint density at radius 3 is 1.97 bits per heavy atom. The molecule has 0 saturated carbocycles. The maximum atomic E-state index is 14.2. The van der Waals surface area contributed by atoms with E-state index in [4.69, 9.17) is 9.47 Å². The van der Waals surface area contributed by atoms with Crippen LogP contribution in [-0.4, -0.2) is 52.2 Å². The predicted octanol–water partition coefficient (Wildman–Crippen LogP) is 5.26. The molecule has 0 bridgehead atoms. The fraction of sp³-hybridized carbons (Fsp3) is 0.483. The number of amides is 3. The molecule has 0 saturated heterocycles. The third-order valence-electron chi connectivity index (χ3n) is 5.66. The zero-order valence-corrected chi connectivity index (χ0v) is 23.8. The molecule has 38 heavy (non-hydrogen) atoms. The number of carbonyl (C=O) groups is 3. The number of alkyl carbamates (subject to hydrolysis) is 1. The summed E-state index contributed by atoms with van der Waals surface area (Å²) in [5.41, 5.74) is -0.898. The second kappa shape index (κ2) is 12.2. The normalized spacial score (nSPS) is 13.3. The maximum Gasteiger partial charge on any atom is 0.408 e. The van der Waals surface area contributed by atoms with Crippen LogP contribution in [0.3, 0.4) is 0 Å². The minimum atomic E-state index is -1.22. The van der Waals surface area contributed by atoms with Crippen LogP contribution >= 0.6 is 0 Å². The van der Waals surface area contributed by atoms with Crippen molar-refractivity contribution >= 4 is 23.6 Å². The molecule has 0 heterocycles. The highest BCUT2D eigenvalue weighted by Gasteiger charge is 2.43. The minimum Gasteiger partial charge on any atom is -0.508 e. The second-order valence-electron chi connectivity index (χ2n) is 11.4. The van der Waals surface area contributed by atoms with Crippen LogP contribution in [0, 0.1) is 5.92 Å². The number of nitrogens with zero attached hydrogens (tertiary/aromatic N) is 1. The molecule has 9 nitrogen and oxygen atoms in total. The summed E-state index contributed by atoms with van der Waals surface area (Å²) in [6.45, 7) is 14.2. The molecule has 0 aliphatic rings. The van der Waals surface area contributed by atoms with Gasteiger partial charge in [-0.1, -0.05) is 32.0 Å². The number of methoxy groups -OCH3 is 1. The van der Waals surface area contributed by atoms with Crippen LogP contribution in [0.1, 0.15) is 67.0 Å². The highest BCUT2D eigenvalue weighted by molar-refractivity contribution is 5.99. The molecule has 2 rings (SSSR count). The van der Waals surface area contributed by atoms with Crippen molar-refractivity contribution in [3.05, 3.63) is 54.1 Å². The summed E-state index contributed by atoms with van der Waals surface area (Å²) < 4.78 is 10.6. The second-order valence-corrected chi connectivity index (χ2v) is 11.4. The smallest absolute Gasteiger partial charge is 0.408 e. The van der Waals surface area contributed by atoms with E-state index in [0.29, 0.717) is 11.4 Å². The van der Waals surface area contributed by atoms with Gasteiger partial charge in [-0.15, -0.1) is 0 Å². The van der Waals surface area contributed by atoms with Crippen LogP contribution in [0.5, 0.6) is 11.5 Å². The molecule has 9 heteroatoms. The molecule has 0 aromatic heterocycles. The summed E-state index contributed by atoms with van der Waals surface area (Å²) in [5.74, 6) is -0.851. The summed E-state index contributed by atoms with van der Waals surface area (Å²) in [4.78, 5) is 42.1. The zero-order chi connectivity index (χ0) is 28.8. The van der Waals surface area contributed by atoms with Gasteiger partial charge >= 0.3 is 6.09 Å². The van der Waals surface area contributed by atoms with Gasteiger partial charge < -0.3 is 30.1 Å². The lowest BCUT2D eigenvalue weighted by Gasteiger charge is -2.43. The number of anilines is 1. The first-order chi connectivity index (χ1) is 17.5. The van der Waals surface area contributed by atoms with Gasteiger partial charge in [0, 0.05) is 16.8 Å². The first kappa shape index (κ1) is 30.5. The molecule has 2 atom stereocenters. The Morgan fingerprint density at radius 2 is 1.50 bits per heavy atom. The number of carbonyl (C=O) groups excluding carboxylic acids is 3. The molecule has 3 amide bonds. The summed E-state index contributed by atoms with van der Waals surface area (Å²) in [7, 11) is 1.55. The Balaban J connectivity index is 2.57. The number of benzene rings is 2. The molecule has 2 aromatic rings. The summed E-state index contributed by atoms with van der Waals surface area (Å²) in [6, 6.07) is 11.0. The van der Waals surface area contributed by atoms with Gasteiger partial charge in [-0.25, -0.2) is 4.79 Å². The first-order valence-electron chi connectivity index (χ1n) is 12.6. The Hall–Kier alpha value is -3.75. The Morgan fingerprint density at radius 1 is 0.921 bits per heavy atom. The van der Waals surface area contributed by atoms with Crippen molar-refractivity contribution in [2.24, 2.45) is 5.92 Å². The average Bonchev–Trinajstić information content (AvgIpc) is 2.79.